The molecule has 0 fully saturated rings. The molecule has 0 radical (unpaired) electrons. The highest BCUT2D eigenvalue weighted by atomic mass is 16.0. The molecule has 6 N–H and O–H groups in total. The van der Waals surface area contributed by atoms with Crippen molar-refractivity contribution in [1.82, 2.24) is 6.15 Å². The Balaban J connectivity index is -0.000000403. The highest BCUT2D eigenvalue weighted by molar-refractivity contribution is 5.13. The Bertz CT molecular complexity index is 219. The van der Waals surface area contributed by atoms with Gasteiger partial charge in [0.15, 0.2) is 0 Å². The monoisotopic (exact) mass is 202 g/mol. The second kappa shape index (κ2) is 7.46. The third-order valence-corrected chi connectivity index (χ3v) is 1.50. The highest BCUT2D eigenvalue weighted by Gasteiger charge is 2.06. The summed E-state index contributed by atoms with van der Waals surface area (Å²) >= 11 is 0. The maximum absolute atomic E-state index is 2.20. The number of hydrogen-bond donors (Lipinski definition) is 1. The molecule has 0 bridgehead atoms. The minimum atomic E-state index is 0. The van der Waals surface area contributed by atoms with Gasteiger partial charge in [0.1, 0.15) is 6.54 Å². The van der Waals surface area contributed by atoms with Crippen LogP contribution in [-0.2, 0) is 6.54 Å². The van der Waals surface area contributed by atoms with E-state index in [2.05, 4.69) is 51.5 Å². The van der Waals surface area contributed by atoms with Crippen LogP contribution in [0.4, 0.5) is 0 Å². The fraction of sp³-hybridized carbons (Fsp3) is 0.400. The second-order valence-electron chi connectivity index (χ2n) is 3.93. The molecule has 1 aromatic rings. The molecule has 0 aliphatic rings. The summed E-state index contributed by atoms with van der Waals surface area (Å²) in [6, 6.07) is 10.6. The zero-order chi connectivity index (χ0) is 8.32. The van der Waals surface area contributed by atoms with Gasteiger partial charge >= 0.3 is 0 Å². The summed E-state index contributed by atoms with van der Waals surface area (Å²) in [5, 5.41) is 0. The molecule has 0 aliphatic carbocycles. The Kier molecular flexibility index (Phi) is 10.0. The quantitative estimate of drug-likeness (QED) is 0.725. The van der Waals surface area contributed by atoms with E-state index >= 15 is 0 Å². The van der Waals surface area contributed by atoms with Gasteiger partial charge in [-0.1, -0.05) is 30.3 Å². The summed E-state index contributed by atoms with van der Waals surface area (Å²) < 4.78 is 0.990. The Morgan fingerprint density at radius 2 is 1.43 bits per heavy atom. The third kappa shape index (κ3) is 7.70. The number of rotatable bonds is 2. The second-order valence-corrected chi connectivity index (χ2v) is 3.93. The lowest BCUT2D eigenvalue weighted by Gasteiger charge is -2.23. The zero-order valence-electron chi connectivity index (χ0n) is 9.20. The summed E-state index contributed by atoms with van der Waals surface area (Å²) in [6.45, 7) is 1.10. The zero-order valence-corrected chi connectivity index (χ0v) is 9.20. The first-order valence-corrected chi connectivity index (χ1v) is 3.92. The molecule has 0 heterocycles. The maximum atomic E-state index is 2.20. The first-order valence-electron chi connectivity index (χ1n) is 3.92. The largest absolute Gasteiger partial charge is 0.870 e. The molecule has 0 spiro atoms. The van der Waals surface area contributed by atoms with Gasteiger partial charge in [0.05, 0.1) is 21.1 Å². The molecule has 1 rings (SSSR count). The number of nitrogens with zero attached hydrogens (tertiary/aromatic N) is 1. The molecule has 4 heteroatoms. The Hall–Kier alpha value is -0.940. The smallest absolute Gasteiger partial charge is 0.104 e. The Morgan fingerprint density at radius 3 is 1.79 bits per heavy atom. The average molecular weight is 202 g/mol. The SMILES string of the molecule is C[N+](C)(C)Cc1ccccc1.N.O.[OH-]. The van der Waals surface area contributed by atoms with E-state index in [1.165, 1.54) is 5.56 Å². The topological polar surface area (TPSA) is 96.5 Å². The molecule has 0 saturated carbocycles. The van der Waals surface area contributed by atoms with Crippen molar-refractivity contribution in [2.45, 2.75) is 6.54 Å². The van der Waals surface area contributed by atoms with Crippen LogP contribution in [0.15, 0.2) is 30.3 Å². The van der Waals surface area contributed by atoms with Gasteiger partial charge in [0.2, 0.25) is 0 Å². The Morgan fingerprint density at radius 1 is 1.00 bits per heavy atom. The minimum absolute atomic E-state index is 0. The molecular weight excluding hydrogens is 180 g/mol. The van der Waals surface area contributed by atoms with Gasteiger partial charge in [0.25, 0.3) is 0 Å². The van der Waals surface area contributed by atoms with Crippen LogP contribution in [0, 0.1) is 0 Å². The summed E-state index contributed by atoms with van der Waals surface area (Å²) in [5.74, 6) is 0. The van der Waals surface area contributed by atoms with Gasteiger partial charge in [0, 0.05) is 5.56 Å². The van der Waals surface area contributed by atoms with Crippen molar-refractivity contribution in [1.29, 1.82) is 0 Å². The molecule has 0 unspecified atom stereocenters. The van der Waals surface area contributed by atoms with Crippen molar-refractivity contribution in [2.24, 2.45) is 0 Å². The molecule has 0 amide bonds. The Labute approximate surface area is 86.0 Å². The van der Waals surface area contributed by atoms with Crippen molar-refractivity contribution in [3.63, 3.8) is 0 Å². The van der Waals surface area contributed by atoms with Crippen LogP contribution >= 0.6 is 0 Å². The molecule has 14 heavy (non-hydrogen) atoms. The number of benzene rings is 1. The van der Waals surface area contributed by atoms with E-state index in [1.807, 2.05) is 0 Å². The van der Waals surface area contributed by atoms with E-state index in [-0.39, 0.29) is 17.1 Å². The molecule has 1 aromatic carbocycles. The van der Waals surface area contributed by atoms with Gasteiger partial charge in [-0.3, -0.25) is 0 Å². The molecule has 0 atom stereocenters. The van der Waals surface area contributed by atoms with Crippen LogP contribution in [0.5, 0.6) is 0 Å². The minimum Gasteiger partial charge on any atom is -0.870 e. The van der Waals surface area contributed by atoms with Gasteiger partial charge in [-0.25, -0.2) is 0 Å². The van der Waals surface area contributed by atoms with E-state index in [0.29, 0.717) is 0 Å². The standard InChI is InChI=1S/C10H16N.H3N.2H2O/c1-11(2,3)9-10-7-5-4-6-8-10;;;/h4-8H,9H2,1-3H3;1H3;2*1H2/q+1;;;/p-1. The molecule has 0 saturated heterocycles. The van der Waals surface area contributed by atoms with Gasteiger partial charge < -0.3 is 21.6 Å². The van der Waals surface area contributed by atoms with Gasteiger partial charge in [-0.2, -0.15) is 0 Å². The molecule has 0 aliphatic heterocycles. The highest BCUT2D eigenvalue weighted by Crippen LogP contribution is 2.04. The summed E-state index contributed by atoms with van der Waals surface area (Å²) in [6.07, 6.45) is 0. The van der Waals surface area contributed by atoms with Crippen molar-refractivity contribution >= 4 is 0 Å². The summed E-state index contributed by atoms with van der Waals surface area (Å²) in [7, 11) is 6.60. The number of quaternary nitrogens is 1. The summed E-state index contributed by atoms with van der Waals surface area (Å²) in [4.78, 5) is 0. The van der Waals surface area contributed by atoms with Crippen LogP contribution in [0.2, 0.25) is 0 Å². The number of hydrogen-bond acceptors (Lipinski definition) is 2. The first kappa shape index (κ1) is 18.8. The van der Waals surface area contributed by atoms with Crippen LogP contribution < -0.4 is 6.15 Å². The lowest BCUT2D eigenvalue weighted by Crippen LogP contribution is -2.33. The predicted octanol–water partition coefficient (Wildman–Crippen LogP) is 1.05. The fourth-order valence-electron chi connectivity index (χ4n) is 1.13. The van der Waals surface area contributed by atoms with E-state index in [1.54, 1.807) is 0 Å². The van der Waals surface area contributed by atoms with Gasteiger partial charge in [-0.15, -0.1) is 0 Å². The molecule has 84 valence electrons. The predicted molar refractivity (Wildman–Crippen MR) is 58.8 cm³/mol. The van der Waals surface area contributed by atoms with Crippen molar-refractivity contribution < 1.29 is 15.4 Å². The van der Waals surface area contributed by atoms with Crippen LogP contribution in [0.1, 0.15) is 5.56 Å². The van der Waals surface area contributed by atoms with E-state index in [0.717, 1.165) is 11.0 Å². The average Bonchev–Trinajstić information content (AvgIpc) is 1.85. The van der Waals surface area contributed by atoms with Gasteiger partial charge in [-0.05, 0) is 0 Å². The van der Waals surface area contributed by atoms with Crippen molar-refractivity contribution in [3.05, 3.63) is 35.9 Å². The molecule has 0 aromatic heterocycles. The fourth-order valence-corrected chi connectivity index (χ4v) is 1.13. The maximum Gasteiger partial charge on any atom is 0.104 e. The van der Waals surface area contributed by atoms with Crippen molar-refractivity contribution in [3.8, 4) is 0 Å². The first-order chi connectivity index (χ1) is 5.08. The van der Waals surface area contributed by atoms with E-state index in [4.69, 9.17) is 0 Å². The van der Waals surface area contributed by atoms with E-state index in [9.17, 15) is 0 Å². The summed E-state index contributed by atoms with van der Waals surface area (Å²) in [5.41, 5.74) is 1.40. The lowest BCUT2D eigenvalue weighted by molar-refractivity contribution is -0.884. The van der Waals surface area contributed by atoms with Crippen molar-refractivity contribution in [2.75, 3.05) is 21.1 Å². The normalized spacial score (nSPS) is 9.07. The molecular formula is C10H22N2O2. The lowest BCUT2D eigenvalue weighted by atomic mass is 10.2. The van der Waals surface area contributed by atoms with Crippen LogP contribution in [-0.4, -0.2) is 36.6 Å². The van der Waals surface area contributed by atoms with Crippen LogP contribution in [0.3, 0.4) is 0 Å². The third-order valence-electron chi connectivity index (χ3n) is 1.50. The van der Waals surface area contributed by atoms with Crippen LogP contribution in [0.25, 0.3) is 0 Å². The molecule has 4 nitrogen and oxygen atoms in total. The van der Waals surface area contributed by atoms with E-state index < -0.39 is 0 Å².